The maximum absolute atomic E-state index is 11.4. The number of ether oxygens (including phenoxy) is 1. The highest BCUT2D eigenvalue weighted by Gasteiger charge is 2.06. The number of carbonyl (C=O) groups is 1. The van der Waals surface area contributed by atoms with Crippen molar-refractivity contribution in [2.75, 3.05) is 0 Å². The Morgan fingerprint density at radius 2 is 1.68 bits per heavy atom. The second-order valence-corrected chi connectivity index (χ2v) is 6.10. The Kier molecular flexibility index (Phi) is 4.35. The molecule has 3 heteroatoms. The van der Waals surface area contributed by atoms with Gasteiger partial charge in [0, 0.05) is 4.88 Å². The minimum Gasteiger partial charge on any atom is -0.489 e. The van der Waals surface area contributed by atoms with Crippen LogP contribution in [0.25, 0.3) is 10.4 Å². The molecule has 0 bridgehead atoms. The van der Waals surface area contributed by atoms with Crippen molar-refractivity contribution >= 4 is 17.1 Å². The molecule has 0 fully saturated rings. The zero-order chi connectivity index (χ0) is 15.4. The maximum atomic E-state index is 11.4. The van der Waals surface area contributed by atoms with E-state index in [4.69, 9.17) is 4.74 Å². The number of Topliss-reactive ketones (excluding diaryl/α,β-unsaturated/α-hetero) is 1. The standard InChI is InChI=1S/C19H16O2S/c1-14(20)18-11-12-19(22-18)16-7-9-17(10-8-16)21-13-15-5-3-2-4-6-15/h2-12H,13H2,1H3. The third-order valence-corrected chi connectivity index (χ3v) is 4.58. The van der Waals surface area contributed by atoms with Crippen LogP contribution in [0.15, 0.2) is 66.7 Å². The van der Waals surface area contributed by atoms with Crippen LogP contribution in [-0.4, -0.2) is 5.78 Å². The largest absolute Gasteiger partial charge is 0.489 e. The fraction of sp³-hybridized carbons (Fsp3) is 0.105. The summed E-state index contributed by atoms with van der Waals surface area (Å²) in [6.07, 6.45) is 0. The normalized spacial score (nSPS) is 10.4. The topological polar surface area (TPSA) is 26.3 Å². The second kappa shape index (κ2) is 6.58. The van der Waals surface area contributed by atoms with Gasteiger partial charge in [-0.2, -0.15) is 0 Å². The monoisotopic (exact) mass is 308 g/mol. The third-order valence-electron chi connectivity index (χ3n) is 3.34. The van der Waals surface area contributed by atoms with Crippen molar-refractivity contribution in [3.63, 3.8) is 0 Å². The van der Waals surface area contributed by atoms with Gasteiger partial charge in [-0.3, -0.25) is 4.79 Å². The number of carbonyl (C=O) groups excluding carboxylic acids is 1. The molecular formula is C19H16O2S. The van der Waals surface area contributed by atoms with Crippen LogP contribution in [0.5, 0.6) is 5.75 Å². The quantitative estimate of drug-likeness (QED) is 0.606. The minimum absolute atomic E-state index is 0.110. The number of hydrogen-bond acceptors (Lipinski definition) is 3. The number of hydrogen-bond donors (Lipinski definition) is 0. The molecule has 0 spiro atoms. The summed E-state index contributed by atoms with van der Waals surface area (Å²) in [7, 11) is 0. The van der Waals surface area contributed by atoms with Gasteiger partial charge in [0.05, 0.1) is 4.88 Å². The highest BCUT2D eigenvalue weighted by Crippen LogP contribution is 2.29. The van der Waals surface area contributed by atoms with Crippen molar-refractivity contribution < 1.29 is 9.53 Å². The Morgan fingerprint density at radius 1 is 0.955 bits per heavy atom. The Bertz CT molecular complexity index is 758. The van der Waals surface area contributed by atoms with Crippen LogP contribution in [-0.2, 0) is 6.61 Å². The van der Waals surface area contributed by atoms with Gasteiger partial charge in [-0.25, -0.2) is 0 Å². The number of ketones is 1. The van der Waals surface area contributed by atoms with E-state index in [9.17, 15) is 4.79 Å². The molecule has 0 saturated heterocycles. The molecule has 0 amide bonds. The lowest BCUT2D eigenvalue weighted by Crippen LogP contribution is -1.94. The van der Waals surface area contributed by atoms with E-state index >= 15 is 0 Å². The van der Waals surface area contributed by atoms with Gasteiger partial charge in [0.2, 0.25) is 0 Å². The summed E-state index contributed by atoms with van der Waals surface area (Å²) in [5, 5.41) is 0. The molecule has 0 unspecified atom stereocenters. The molecule has 0 N–H and O–H groups in total. The van der Waals surface area contributed by atoms with Crippen LogP contribution in [0.2, 0.25) is 0 Å². The molecule has 110 valence electrons. The number of benzene rings is 2. The van der Waals surface area contributed by atoms with Crippen molar-refractivity contribution in [2.45, 2.75) is 13.5 Å². The van der Waals surface area contributed by atoms with Crippen LogP contribution >= 0.6 is 11.3 Å². The lowest BCUT2D eigenvalue weighted by Gasteiger charge is -2.06. The first-order valence-corrected chi connectivity index (χ1v) is 7.92. The molecule has 2 nitrogen and oxygen atoms in total. The van der Waals surface area contributed by atoms with E-state index in [-0.39, 0.29) is 5.78 Å². The van der Waals surface area contributed by atoms with Gasteiger partial charge in [0.1, 0.15) is 12.4 Å². The van der Waals surface area contributed by atoms with Gasteiger partial charge in [-0.1, -0.05) is 30.3 Å². The molecule has 22 heavy (non-hydrogen) atoms. The lowest BCUT2D eigenvalue weighted by molar-refractivity contribution is 0.102. The second-order valence-electron chi connectivity index (χ2n) is 5.02. The van der Waals surface area contributed by atoms with E-state index in [0.29, 0.717) is 6.61 Å². The van der Waals surface area contributed by atoms with Gasteiger partial charge < -0.3 is 4.74 Å². The zero-order valence-corrected chi connectivity index (χ0v) is 13.1. The van der Waals surface area contributed by atoms with Crippen LogP contribution in [0.4, 0.5) is 0 Å². The first-order valence-electron chi connectivity index (χ1n) is 7.10. The van der Waals surface area contributed by atoms with E-state index < -0.39 is 0 Å². The first-order chi connectivity index (χ1) is 10.7. The van der Waals surface area contributed by atoms with Crippen molar-refractivity contribution in [3.05, 3.63) is 77.2 Å². The Morgan fingerprint density at radius 3 is 2.32 bits per heavy atom. The fourth-order valence-electron chi connectivity index (χ4n) is 2.14. The van der Waals surface area contributed by atoms with E-state index in [2.05, 4.69) is 0 Å². The summed E-state index contributed by atoms with van der Waals surface area (Å²) in [4.78, 5) is 13.2. The van der Waals surface area contributed by atoms with Gasteiger partial charge in [0.15, 0.2) is 5.78 Å². The Labute approximate surface area is 134 Å². The summed E-state index contributed by atoms with van der Waals surface area (Å²) in [5.41, 5.74) is 2.25. The summed E-state index contributed by atoms with van der Waals surface area (Å²) >= 11 is 1.52. The maximum Gasteiger partial charge on any atom is 0.169 e. The van der Waals surface area contributed by atoms with E-state index in [0.717, 1.165) is 26.6 Å². The zero-order valence-electron chi connectivity index (χ0n) is 12.3. The molecule has 0 radical (unpaired) electrons. The smallest absolute Gasteiger partial charge is 0.169 e. The van der Waals surface area contributed by atoms with Crippen LogP contribution in [0, 0.1) is 0 Å². The van der Waals surface area contributed by atoms with Crippen LogP contribution in [0.1, 0.15) is 22.2 Å². The molecule has 0 atom stereocenters. The molecule has 0 saturated carbocycles. The van der Waals surface area contributed by atoms with E-state index in [1.54, 1.807) is 6.92 Å². The average Bonchev–Trinajstić information content (AvgIpc) is 3.05. The summed E-state index contributed by atoms with van der Waals surface area (Å²) < 4.78 is 5.78. The lowest BCUT2D eigenvalue weighted by atomic mass is 10.2. The highest BCUT2D eigenvalue weighted by molar-refractivity contribution is 7.17. The molecular weight excluding hydrogens is 292 g/mol. The van der Waals surface area contributed by atoms with Crippen LogP contribution < -0.4 is 4.74 Å². The summed E-state index contributed by atoms with van der Waals surface area (Å²) in [6.45, 7) is 2.16. The van der Waals surface area contributed by atoms with Gasteiger partial charge in [-0.15, -0.1) is 11.3 Å². The average molecular weight is 308 g/mol. The molecule has 1 heterocycles. The van der Waals surface area contributed by atoms with Gasteiger partial charge >= 0.3 is 0 Å². The number of thiophene rings is 1. The molecule has 0 aliphatic heterocycles. The third kappa shape index (κ3) is 3.43. The Balaban J connectivity index is 1.68. The summed E-state index contributed by atoms with van der Waals surface area (Å²) in [5.74, 6) is 0.954. The predicted molar refractivity (Wildman–Crippen MR) is 90.5 cm³/mol. The van der Waals surface area contributed by atoms with Gasteiger partial charge in [0.25, 0.3) is 0 Å². The Hall–Kier alpha value is -2.39. The predicted octanol–water partition coefficient (Wildman–Crippen LogP) is 5.20. The SMILES string of the molecule is CC(=O)c1ccc(-c2ccc(OCc3ccccc3)cc2)s1. The number of rotatable bonds is 5. The van der Waals surface area contributed by atoms with Gasteiger partial charge in [-0.05, 0) is 54.4 Å². The molecule has 0 aliphatic rings. The minimum atomic E-state index is 0.110. The van der Waals surface area contributed by atoms with E-state index in [1.165, 1.54) is 11.3 Å². The van der Waals surface area contributed by atoms with E-state index in [1.807, 2.05) is 66.7 Å². The summed E-state index contributed by atoms with van der Waals surface area (Å²) in [6, 6.07) is 21.9. The molecule has 1 aromatic heterocycles. The molecule has 3 rings (SSSR count). The van der Waals surface area contributed by atoms with Crippen LogP contribution in [0.3, 0.4) is 0 Å². The highest BCUT2D eigenvalue weighted by atomic mass is 32.1. The van der Waals surface area contributed by atoms with Crippen molar-refractivity contribution in [2.24, 2.45) is 0 Å². The molecule has 0 aliphatic carbocycles. The van der Waals surface area contributed by atoms with Crippen molar-refractivity contribution in [1.29, 1.82) is 0 Å². The fourth-order valence-corrected chi connectivity index (χ4v) is 3.05. The van der Waals surface area contributed by atoms with Crippen molar-refractivity contribution in [3.8, 4) is 16.2 Å². The van der Waals surface area contributed by atoms with Crippen molar-refractivity contribution in [1.82, 2.24) is 0 Å². The molecule has 2 aromatic carbocycles. The first kappa shape index (κ1) is 14.5. The molecule has 3 aromatic rings.